The van der Waals surface area contributed by atoms with Crippen molar-refractivity contribution in [3.8, 4) is 0 Å². The van der Waals surface area contributed by atoms with E-state index in [0.717, 1.165) is 57.6 Å². The summed E-state index contributed by atoms with van der Waals surface area (Å²) in [5, 5.41) is 13.6. The van der Waals surface area contributed by atoms with Crippen LogP contribution in [0.5, 0.6) is 0 Å². The number of H-pyrrole nitrogens is 1. The quantitative estimate of drug-likeness (QED) is 0.575. The molecule has 1 aromatic heterocycles. The molecule has 7 nitrogen and oxygen atoms in total. The number of amides is 1. The largest absolute Gasteiger partial charge is 0.352 e. The number of carbonyl (C=O) groups is 1. The highest BCUT2D eigenvalue weighted by Crippen LogP contribution is 2.11. The highest BCUT2D eigenvalue weighted by molar-refractivity contribution is 5.97. The Morgan fingerprint density at radius 3 is 2.52 bits per heavy atom. The van der Waals surface area contributed by atoms with Gasteiger partial charge < -0.3 is 10.2 Å². The van der Waals surface area contributed by atoms with Gasteiger partial charge >= 0.3 is 0 Å². The Balaban J connectivity index is 1.10. The van der Waals surface area contributed by atoms with E-state index < -0.39 is 0 Å². The Bertz CT molecular complexity index is 917. The molecule has 0 radical (unpaired) electrons. The normalized spacial score (nSPS) is 15.6. The molecule has 4 rings (SSSR count). The van der Waals surface area contributed by atoms with Crippen molar-refractivity contribution >= 4 is 16.9 Å². The smallest absolute Gasteiger partial charge is 0.251 e. The predicted octanol–water partition coefficient (Wildman–Crippen LogP) is 2.29. The van der Waals surface area contributed by atoms with Gasteiger partial charge in [-0.1, -0.05) is 30.3 Å². The summed E-state index contributed by atoms with van der Waals surface area (Å²) in [7, 11) is 0. The van der Waals surface area contributed by atoms with Gasteiger partial charge in [0.1, 0.15) is 11.0 Å². The lowest BCUT2D eigenvalue weighted by molar-refractivity contribution is 0.0951. The maximum absolute atomic E-state index is 12.3. The van der Waals surface area contributed by atoms with E-state index in [9.17, 15) is 4.79 Å². The summed E-state index contributed by atoms with van der Waals surface area (Å²) in [6.07, 6.45) is 2.09. The van der Waals surface area contributed by atoms with Gasteiger partial charge in [0.25, 0.3) is 5.91 Å². The van der Waals surface area contributed by atoms with E-state index in [1.807, 2.05) is 6.07 Å². The van der Waals surface area contributed by atoms with E-state index in [0.29, 0.717) is 17.6 Å². The third-order valence-electron chi connectivity index (χ3n) is 5.48. The first kappa shape index (κ1) is 19.5. The van der Waals surface area contributed by atoms with E-state index in [1.165, 1.54) is 5.56 Å². The van der Waals surface area contributed by atoms with Crippen molar-refractivity contribution in [2.75, 3.05) is 39.3 Å². The monoisotopic (exact) mass is 392 g/mol. The molecule has 2 heterocycles. The van der Waals surface area contributed by atoms with Crippen LogP contribution in [0.3, 0.4) is 0 Å². The number of carbonyl (C=O) groups excluding carboxylic acids is 1. The lowest BCUT2D eigenvalue weighted by Gasteiger charge is -2.34. The van der Waals surface area contributed by atoms with Crippen molar-refractivity contribution in [1.29, 1.82) is 0 Å². The molecule has 1 aliphatic rings. The van der Waals surface area contributed by atoms with Crippen LogP contribution < -0.4 is 5.32 Å². The van der Waals surface area contributed by atoms with Gasteiger partial charge in [-0.15, -0.1) is 0 Å². The lowest BCUT2D eigenvalue weighted by atomic mass is 10.2. The molecule has 2 N–H and O–H groups in total. The van der Waals surface area contributed by atoms with E-state index in [2.05, 4.69) is 60.9 Å². The minimum atomic E-state index is -0.0515. The highest BCUT2D eigenvalue weighted by Gasteiger charge is 2.16. The number of benzene rings is 2. The van der Waals surface area contributed by atoms with Crippen molar-refractivity contribution < 1.29 is 4.79 Å². The van der Waals surface area contributed by atoms with Crippen LogP contribution in [0.2, 0.25) is 0 Å². The van der Waals surface area contributed by atoms with Crippen LogP contribution in [0.1, 0.15) is 28.8 Å². The predicted molar refractivity (Wildman–Crippen MR) is 114 cm³/mol. The third-order valence-corrected chi connectivity index (χ3v) is 5.48. The fraction of sp³-hybridized carbons (Fsp3) is 0.409. The van der Waals surface area contributed by atoms with E-state index in [1.54, 1.807) is 12.1 Å². The van der Waals surface area contributed by atoms with Gasteiger partial charge in [0.05, 0.1) is 0 Å². The van der Waals surface area contributed by atoms with Gasteiger partial charge in [-0.05, 0) is 43.1 Å². The molecule has 0 atom stereocenters. The molecule has 0 aliphatic carbocycles. The van der Waals surface area contributed by atoms with E-state index >= 15 is 0 Å². The fourth-order valence-corrected chi connectivity index (χ4v) is 3.76. The number of hydrogen-bond acceptors (Lipinski definition) is 5. The van der Waals surface area contributed by atoms with Crippen LogP contribution >= 0.6 is 0 Å². The van der Waals surface area contributed by atoms with Crippen LogP contribution in [0.25, 0.3) is 11.0 Å². The Kier molecular flexibility index (Phi) is 6.49. The average molecular weight is 393 g/mol. The zero-order chi connectivity index (χ0) is 19.9. The van der Waals surface area contributed by atoms with Crippen molar-refractivity contribution in [2.45, 2.75) is 19.4 Å². The second kappa shape index (κ2) is 9.62. The maximum Gasteiger partial charge on any atom is 0.251 e. The zero-order valence-electron chi connectivity index (χ0n) is 16.7. The molecular formula is C22H28N6O. The van der Waals surface area contributed by atoms with Crippen LogP contribution in [-0.4, -0.2) is 70.4 Å². The molecule has 152 valence electrons. The van der Waals surface area contributed by atoms with Crippen LogP contribution in [0.4, 0.5) is 0 Å². The molecule has 1 amide bonds. The summed E-state index contributed by atoms with van der Waals surface area (Å²) in [6, 6.07) is 16.0. The Hall–Kier alpha value is -2.77. The van der Waals surface area contributed by atoms with Gasteiger partial charge in [0, 0.05) is 44.8 Å². The molecule has 29 heavy (non-hydrogen) atoms. The first-order valence-electron chi connectivity index (χ1n) is 10.4. The number of aromatic nitrogens is 3. The molecule has 1 fully saturated rings. The molecule has 2 aromatic carbocycles. The van der Waals surface area contributed by atoms with E-state index in [4.69, 9.17) is 0 Å². The van der Waals surface area contributed by atoms with Crippen molar-refractivity contribution in [2.24, 2.45) is 0 Å². The van der Waals surface area contributed by atoms with Crippen molar-refractivity contribution in [1.82, 2.24) is 30.5 Å². The lowest BCUT2D eigenvalue weighted by Crippen LogP contribution is -2.46. The second-order valence-electron chi connectivity index (χ2n) is 7.59. The summed E-state index contributed by atoms with van der Waals surface area (Å²) >= 11 is 0. The SMILES string of the molecule is O=C(NCCCCN1CCN(Cc2ccccc2)CC1)c1ccc2n[nH]nc2c1. The number of fused-ring (bicyclic) bond motifs is 1. The first-order chi connectivity index (χ1) is 14.3. The average Bonchev–Trinajstić information content (AvgIpc) is 3.23. The Morgan fingerprint density at radius 2 is 1.69 bits per heavy atom. The highest BCUT2D eigenvalue weighted by atomic mass is 16.1. The summed E-state index contributed by atoms with van der Waals surface area (Å²) in [5.74, 6) is -0.0515. The number of nitrogens with one attached hydrogen (secondary N) is 2. The van der Waals surface area contributed by atoms with Crippen molar-refractivity contribution in [3.63, 3.8) is 0 Å². The van der Waals surface area contributed by atoms with E-state index in [-0.39, 0.29) is 5.91 Å². The standard InChI is InChI=1S/C22H28N6O/c29-22(19-8-9-20-21(16-19)25-26-24-20)23-10-4-5-11-27-12-14-28(15-13-27)17-18-6-2-1-3-7-18/h1-3,6-9,16H,4-5,10-15,17H2,(H,23,29)(H,24,25,26). The second-order valence-corrected chi connectivity index (χ2v) is 7.59. The Labute approximate surface area is 171 Å². The minimum Gasteiger partial charge on any atom is -0.352 e. The summed E-state index contributed by atoms with van der Waals surface area (Å²) in [6.45, 7) is 7.32. The molecule has 0 spiro atoms. The molecule has 3 aromatic rings. The van der Waals surface area contributed by atoms with Crippen molar-refractivity contribution in [3.05, 3.63) is 59.7 Å². The van der Waals surface area contributed by atoms with Gasteiger partial charge in [0.2, 0.25) is 0 Å². The molecule has 1 aliphatic heterocycles. The summed E-state index contributed by atoms with van der Waals surface area (Å²) in [5.41, 5.74) is 3.50. The minimum absolute atomic E-state index is 0.0515. The fourth-order valence-electron chi connectivity index (χ4n) is 3.76. The summed E-state index contributed by atoms with van der Waals surface area (Å²) < 4.78 is 0. The molecule has 0 unspecified atom stereocenters. The number of nitrogens with zero attached hydrogens (tertiary/aromatic N) is 4. The zero-order valence-corrected chi connectivity index (χ0v) is 16.7. The summed E-state index contributed by atoms with van der Waals surface area (Å²) in [4.78, 5) is 17.3. The van der Waals surface area contributed by atoms with Gasteiger partial charge in [-0.2, -0.15) is 15.4 Å². The molecule has 0 saturated carbocycles. The van der Waals surface area contributed by atoms with Gasteiger partial charge in [0.15, 0.2) is 0 Å². The number of piperazine rings is 1. The number of unbranched alkanes of at least 4 members (excludes halogenated alkanes) is 1. The number of aromatic amines is 1. The van der Waals surface area contributed by atoms with Crippen LogP contribution in [0, 0.1) is 0 Å². The van der Waals surface area contributed by atoms with Crippen LogP contribution in [0.15, 0.2) is 48.5 Å². The number of hydrogen-bond donors (Lipinski definition) is 2. The van der Waals surface area contributed by atoms with Gasteiger partial charge in [-0.3, -0.25) is 9.69 Å². The van der Waals surface area contributed by atoms with Gasteiger partial charge in [-0.25, -0.2) is 0 Å². The molecular weight excluding hydrogens is 364 g/mol. The maximum atomic E-state index is 12.3. The van der Waals surface area contributed by atoms with Crippen LogP contribution in [-0.2, 0) is 6.54 Å². The Morgan fingerprint density at radius 1 is 0.931 bits per heavy atom. The molecule has 7 heteroatoms. The molecule has 0 bridgehead atoms. The first-order valence-corrected chi connectivity index (χ1v) is 10.4. The topological polar surface area (TPSA) is 77.2 Å². The third kappa shape index (κ3) is 5.40. The molecule has 1 saturated heterocycles. The number of rotatable bonds is 8.